The van der Waals surface area contributed by atoms with Crippen LogP contribution in [0.5, 0.6) is 0 Å². The number of likely N-dealkylation sites (tertiary alicyclic amines) is 1. The highest BCUT2D eigenvalue weighted by molar-refractivity contribution is 6.41. The number of amides is 2. The van der Waals surface area contributed by atoms with Crippen LogP contribution in [0.1, 0.15) is 52.0 Å². The zero-order valence-electron chi connectivity index (χ0n) is 28.1. The Morgan fingerprint density at radius 1 is 0.706 bits per heavy atom. The Kier molecular flexibility index (Phi) is 10.9. The molecule has 0 saturated carbocycles. The van der Waals surface area contributed by atoms with Crippen molar-refractivity contribution in [3.05, 3.63) is 131 Å². The first-order chi connectivity index (χ1) is 24.9. The van der Waals surface area contributed by atoms with Crippen molar-refractivity contribution in [2.45, 2.75) is 44.3 Å². The van der Waals surface area contributed by atoms with E-state index >= 15 is 0 Å². The van der Waals surface area contributed by atoms with E-state index in [-0.39, 0.29) is 23.9 Å². The van der Waals surface area contributed by atoms with Crippen molar-refractivity contribution >= 4 is 40.8 Å². The predicted octanol–water partition coefficient (Wildman–Crippen LogP) is 7.31. The van der Waals surface area contributed by atoms with Gasteiger partial charge in [-0.1, -0.05) is 53.5 Å². The molecule has 260 valence electrons. The molecule has 2 aliphatic rings. The summed E-state index contributed by atoms with van der Waals surface area (Å²) in [4.78, 5) is 44.1. The molecule has 0 atom stereocenters. The Morgan fingerprint density at radius 3 is 2.04 bits per heavy atom. The number of pyridine rings is 3. The largest absolute Gasteiger partial charge is 0.356 e. The summed E-state index contributed by atoms with van der Waals surface area (Å²) in [6, 6.07) is 23.1. The van der Waals surface area contributed by atoms with Crippen molar-refractivity contribution in [3.8, 4) is 22.3 Å². The molecule has 3 aromatic heterocycles. The van der Waals surface area contributed by atoms with Crippen LogP contribution < -0.4 is 15.5 Å². The van der Waals surface area contributed by atoms with E-state index in [0.717, 1.165) is 80.9 Å². The van der Waals surface area contributed by atoms with Crippen LogP contribution in [0, 0.1) is 0 Å². The van der Waals surface area contributed by atoms with E-state index in [9.17, 15) is 9.59 Å². The number of rotatable bonds is 9. The molecule has 0 aliphatic carbocycles. The summed E-state index contributed by atoms with van der Waals surface area (Å²) in [5.74, 6) is 0.701. The molecule has 11 heteroatoms. The minimum Gasteiger partial charge on any atom is -0.356 e. The topological polar surface area (TPSA) is 103 Å². The second-order valence-corrected chi connectivity index (χ2v) is 13.9. The van der Waals surface area contributed by atoms with Gasteiger partial charge in [-0.2, -0.15) is 0 Å². The van der Waals surface area contributed by atoms with E-state index in [1.165, 1.54) is 5.56 Å². The Morgan fingerprint density at radius 2 is 1.37 bits per heavy atom. The molecule has 5 aromatic rings. The van der Waals surface area contributed by atoms with Gasteiger partial charge in [0.1, 0.15) is 5.82 Å². The number of anilines is 1. The van der Waals surface area contributed by atoms with Crippen LogP contribution in [0.25, 0.3) is 22.3 Å². The maximum Gasteiger partial charge on any atom is 0.253 e. The third-order valence-corrected chi connectivity index (χ3v) is 10.4. The number of nitrogens with one attached hydrogen (secondary N) is 2. The van der Waals surface area contributed by atoms with E-state index in [1.807, 2.05) is 60.9 Å². The monoisotopic (exact) mass is 719 g/mol. The minimum atomic E-state index is -0.208. The summed E-state index contributed by atoms with van der Waals surface area (Å²) in [7, 11) is 0. The molecule has 2 amide bonds. The fraction of sp³-hybridized carbons (Fsp3) is 0.275. The number of halogens is 2. The molecular weight excluding hydrogens is 681 g/mol. The highest BCUT2D eigenvalue weighted by atomic mass is 35.5. The number of piperidine rings is 2. The van der Waals surface area contributed by atoms with Crippen LogP contribution in [0.15, 0.2) is 104 Å². The summed E-state index contributed by atoms with van der Waals surface area (Å²) in [5.41, 5.74) is 5.58. The molecule has 5 heterocycles. The first-order valence-electron chi connectivity index (χ1n) is 17.3. The first-order valence-corrected chi connectivity index (χ1v) is 18.1. The quantitative estimate of drug-likeness (QED) is 0.165. The Balaban J connectivity index is 0.858. The Hall–Kier alpha value is -4.83. The number of carbonyl (C=O) groups excluding carboxylic acids is 2. The predicted molar refractivity (Wildman–Crippen MR) is 202 cm³/mol. The number of benzene rings is 2. The fourth-order valence-electron chi connectivity index (χ4n) is 6.85. The highest BCUT2D eigenvalue weighted by Gasteiger charge is 2.25. The molecule has 2 fully saturated rings. The molecule has 2 saturated heterocycles. The first kappa shape index (κ1) is 34.6. The zero-order chi connectivity index (χ0) is 35.2. The maximum absolute atomic E-state index is 13.3. The minimum absolute atomic E-state index is 0.0336. The van der Waals surface area contributed by atoms with E-state index < -0.39 is 0 Å². The molecule has 7 rings (SSSR count). The summed E-state index contributed by atoms with van der Waals surface area (Å²) in [5, 5.41) is 7.21. The Labute approximate surface area is 308 Å². The third-order valence-electron chi connectivity index (χ3n) is 9.70. The van der Waals surface area contributed by atoms with Gasteiger partial charge in [0.15, 0.2) is 0 Å². The number of hydrogen-bond donors (Lipinski definition) is 2. The van der Waals surface area contributed by atoms with Crippen molar-refractivity contribution in [3.63, 3.8) is 0 Å². The van der Waals surface area contributed by atoms with Gasteiger partial charge in [-0.05, 0) is 79.3 Å². The summed E-state index contributed by atoms with van der Waals surface area (Å²) in [6.07, 6.45) is 12.3. The lowest BCUT2D eigenvalue weighted by Crippen LogP contribution is -2.45. The normalized spacial score (nSPS) is 15.8. The average molecular weight is 721 g/mol. The average Bonchev–Trinajstić information content (AvgIpc) is 3.17. The van der Waals surface area contributed by atoms with E-state index in [0.29, 0.717) is 26.7 Å². The fourth-order valence-corrected chi connectivity index (χ4v) is 7.53. The molecule has 9 nitrogen and oxygen atoms in total. The molecule has 0 bridgehead atoms. The Bertz CT molecular complexity index is 1960. The lowest BCUT2D eigenvalue weighted by atomic mass is 10.0. The van der Waals surface area contributed by atoms with Crippen LogP contribution in [-0.2, 0) is 6.54 Å². The van der Waals surface area contributed by atoms with Gasteiger partial charge in [0.2, 0.25) is 0 Å². The summed E-state index contributed by atoms with van der Waals surface area (Å²) >= 11 is 13.1. The molecule has 0 unspecified atom stereocenters. The van der Waals surface area contributed by atoms with Crippen LogP contribution >= 0.6 is 23.2 Å². The molecule has 2 N–H and O–H groups in total. The van der Waals surface area contributed by atoms with E-state index in [1.54, 1.807) is 30.7 Å². The molecule has 0 radical (unpaired) electrons. The van der Waals surface area contributed by atoms with Crippen molar-refractivity contribution in [1.29, 1.82) is 0 Å². The van der Waals surface area contributed by atoms with Gasteiger partial charge < -0.3 is 15.5 Å². The number of carbonyl (C=O) groups is 2. The van der Waals surface area contributed by atoms with Crippen molar-refractivity contribution in [1.82, 2.24) is 30.5 Å². The molecule has 2 aromatic carbocycles. The standard InChI is InChI=1S/C40H39Cl2N7O2/c41-35-10-9-34(38(42)37(35)31-7-3-17-44-25-31)40(51)47-33-14-20-49(21-15-33)36-11-8-27(23-45-36)26-48-18-12-32(13-19-48)46-39(50)29-5-1-4-28(22-29)30-6-2-16-43-24-30/h1-11,16-17,22-25,32-33H,12-15,18-21,26H2,(H,46,50)(H,47,51). The van der Waals surface area contributed by atoms with Crippen LogP contribution in [0.4, 0.5) is 5.82 Å². The third kappa shape index (κ3) is 8.39. The van der Waals surface area contributed by atoms with Gasteiger partial charge in [0, 0.05) is 103 Å². The van der Waals surface area contributed by atoms with Crippen LogP contribution in [0.2, 0.25) is 10.0 Å². The zero-order valence-corrected chi connectivity index (χ0v) is 29.7. The number of aromatic nitrogens is 3. The smallest absolute Gasteiger partial charge is 0.253 e. The molecule has 0 spiro atoms. The second kappa shape index (κ2) is 16.0. The summed E-state index contributed by atoms with van der Waals surface area (Å²) < 4.78 is 0. The van der Waals surface area contributed by atoms with Crippen molar-refractivity contribution < 1.29 is 9.59 Å². The summed E-state index contributed by atoms with van der Waals surface area (Å²) in [6.45, 7) is 4.23. The van der Waals surface area contributed by atoms with Crippen LogP contribution in [-0.4, -0.2) is 69.9 Å². The maximum atomic E-state index is 13.3. The highest BCUT2D eigenvalue weighted by Crippen LogP contribution is 2.37. The van der Waals surface area contributed by atoms with Gasteiger partial charge in [0.05, 0.1) is 10.6 Å². The van der Waals surface area contributed by atoms with Gasteiger partial charge in [-0.3, -0.25) is 24.5 Å². The molecular formula is C40H39Cl2N7O2. The van der Waals surface area contributed by atoms with Crippen molar-refractivity contribution in [2.75, 3.05) is 31.1 Å². The van der Waals surface area contributed by atoms with Gasteiger partial charge in [-0.25, -0.2) is 4.98 Å². The van der Waals surface area contributed by atoms with Gasteiger partial charge in [-0.15, -0.1) is 0 Å². The van der Waals surface area contributed by atoms with E-state index in [4.69, 9.17) is 28.2 Å². The van der Waals surface area contributed by atoms with Gasteiger partial charge >= 0.3 is 0 Å². The lowest BCUT2D eigenvalue weighted by Gasteiger charge is -2.34. The van der Waals surface area contributed by atoms with Crippen molar-refractivity contribution in [2.24, 2.45) is 0 Å². The number of hydrogen-bond acceptors (Lipinski definition) is 7. The van der Waals surface area contributed by atoms with Crippen LogP contribution in [0.3, 0.4) is 0 Å². The number of nitrogens with zero attached hydrogens (tertiary/aromatic N) is 5. The van der Waals surface area contributed by atoms with E-state index in [2.05, 4.69) is 42.5 Å². The SMILES string of the molecule is O=C(NC1CCN(Cc2ccc(N3CCC(NC(=O)c4ccc(Cl)c(-c5cccnc5)c4Cl)CC3)nc2)CC1)c1cccc(-c2cccnc2)c1. The molecule has 51 heavy (non-hydrogen) atoms. The second-order valence-electron chi connectivity index (χ2n) is 13.1. The molecule has 2 aliphatic heterocycles. The van der Waals surface area contributed by atoms with Gasteiger partial charge in [0.25, 0.3) is 11.8 Å². The lowest BCUT2D eigenvalue weighted by molar-refractivity contribution is 0.0906.